The standard InChI is InChI=1S/C21H26N2O3S/c1-12(2)14-5-7-15(8-6-14)26-11-18(24)23-21-19(20(22)25)16-9-4-13(3)10-17(16)27-21/h5-8,12-13H,4,9-11H2,1-3H3,(H2,22,25)(H,23,24)/t13-/m1/s1. The molecule has 6 heteroatoms. The molecule has 144 valence electrons. The van der Waals surface area contributed by atoms with Crippen LogP contribution < -0.4 is 15.8 Å². The largest absolute Gasteiger partial charge is 0.484 e. The topological polar surface area (TPSA) is 81.4 Å². The van der Waals surface area contributed by atoms with Gasteiger partial charge in [-0.3, -0.25) is 9.59 Å². The summed E-state index contributed by atoms with van der Waals surface area (Å²) in [5, 5.41) is 3.36. The zero-order valence-corrected chi connectivity index (χ0v) is 16.8. The van der Waals surface area contributed by atoms with E-state index in [1.54, 1.807) is 0 Å². The molecule has 0 unspecified atom stereocenters. The Hall–Kier alpha value is -2.34. The van der Waals surface area contributed by atoms with Crippen LogP contribution in [0.2, 0.25) is 0 Å². The van der Waals surface area contributed by atoms with Crippen LogP contribution in [0.3, 0.4) is 0 Å². The minimum absolute atomic E-state index is 0.113. The fraction of sp³-hybridized carbons (Fsp3) is 0.429. The van der Waals surface area contributed by atoms with Gasteiger partial charge in [-0.05, 0) is 54.4 Å². The molecule has 1 aliphatic carbocycles. The Kier molecular flexibility index (Phi) is 5.85. The summed E-state index contributed by atoms with van der Waals surface area (Å²) < 4.78 is 5.57. The van der Waals surface area contributed by atoms with Gasteiger partial charge in [-0.15, -0.1) is 11.3 Å². The van der Waals surface area contributed by atoms with Crippen LogP contribution >= 0.6 is 11.3 Å². The Morgan fingerprint density at radius 2 is 2.00 bits per heavy atom. The van der Waals surface area contributed by atoms with Crippen LogP contribution in [0.5, 0.6) is 5.75 Å². The molecule has 3 N–H and O–H groups in total. The summed E-state index contributed by atoms with van der Waals surface area (Å²) in [6, 6.07) is 7.72. The van der Waals surface area contributed by atoms with Crippen molar-refractivity contribution in [2.24, 2.45) is 11.7 Å². The lowest BCUT2D eigenvalue weighted by Gasteiger charge is -2.18. The van der Waals surface area contributed by atoms with E-state index in [1.165, 1.54) is 16.9 Å². The number of carbonyl (C=O) groups is 2. The van der Waals surface area contributed by atoms with E-state index < -0.39 is 5.91 Å². The van der Waals surface area contributed by atoms with Gasteiger partial charge < -0.3 is 15.8 Å². The zero-order chi connectivity index (χ0) is 19.6. The van der Waals surface area contributed by atoms with Crippen molar-refractivity contribution in [2.45, 2.75) is 46.0 Å². The molecule has 0 saturated carbocycles. The quantitative estimate of drug-likeness (QED) is 0.784. The molecule has 1 heterocycles. The van der Waals surface area contributed by atoms with Crippen LogP contribution in [-0.4, -0.2) is 18.4 Å². The second kappa shape index (κ2) is 8.13. The first-order valence-corrected chi connectivity index (χ1v) is 10.1. The van der Waals surface area contributed by atoms with Crippen molar-refractivity contribution >= 4 is 28.2 Å². The summed E-state index contributed by atoms with van der Waals surface area (Å²) in [6.07, 6.45) is 2.79. The summed E-state index contributed by atoms with van der Waals surface area (Å²) in [7, 11) is 0. The number of nitrogens with two attached hydrogens (primary N) is 1. The molecule has 5 nitrogen and oxygen atoms in total. The van der Waals surface area contributed by atoms with Crippen molar-refractivity contribution in [2.75, 3.05) is 11.9 Å². The predicted molar refractivity (Wildman–Crippen MR) is 109 cm³/mol. The van der Waals surface area contributed by atoms with Crippen molar-refractivity contribution in [3.63, 3.8) is 0 Å². The Labute approximate surface area is 163 Å². The number of rotatable bonds is 6. The molecule has 1 atom stereocenters. The Morgan fingerprint density at radius 1 is 1.30 bits per heavy atom. The van der Waals surface area contributed by atoms with E-state index >= 15 is 0 Å². The van der Waals surface area contributed by atoms with E-state index in [-0.39, 0.29) is 12.5 Å². The number of nitrogens with one attached hydrogen (secondary N) is 1. The lowest BCUT2D eigenvalue weighted by molar-refractivity contribution is -0.118. The molecule has 0 spiro atoms. The molecule has 3 rings (SSSR count). The second-order valence-electron chi connectivity index (χ2n) is 7.48. The van der Waals surface area contributed by atoms with Crippen LogP contribution in [0.25, 0.3) is 0 Å². The summed E-state index contributed by atoms with van der Waals surface area (Å²) in [6.45, 7) is 6.34. The number of amides is 2. The lowest BCUT2D eigenvalue weighted by atomic mass is 9.88. The average Bonchev–Trinajstić information content (AvgIpc) is 2.97. The molecule has 1 aromatic heterocycles. The number of ether oxygens (including phenoxy) is 1. The van der Waals surface area contributed by atoms with Crippen LogP contribution in [0.1, 0.15) is 59.5 Å². The van der Waals surface area contributed by atoms with E-state index in [0.717, 1.165) is 29.7 Å². The van der Waals surface area contributed by atoms with Gasteiger partial charge in [0.15, 0.2) is 6.61 Å². The molecule has 2 aromatic rings. The van der Waals surface area contributed by atoms with Crippen molar-refractivity contribution in [1.82, 2.24) is 0 Å². The molecule has 0 aliphatic heterocycles. The molecule has 0 fully saturated rings. The Balaban J connectivity index is 1.66. The van der Waals surface area contributed by atoms with Crippen LogP contribution in [0.4, 0.5) is 5.00 Å². The number of benzene rings is 1. The molecule has 0 bridgehead atoms. The van der Waals surface area contributed by atoms with Gasteiger partial charge in [0.1, 0.15) is 10.8 Å². The lowest BCUT2D eigenvalue weighted by Crippen LogP contribution is -2.22. The highest BCUT2D eigenvalue weighted by Crippen LogP contribution is 2.39. The maximum Gasteiger partial charge on any atom is 0.262 e. The Bertz CT molecular complexity index is 840. The van der Waals surface area contributed by atoms with Gasteiger partial charge in [0.05, 0.1) is 5.56 Å². The highest BCUT2D eigenvalue weighted by Gasteiger charge is 2.27. The highest BCUT2D eigenvalue weighted by atomic mass is 32.1. The number of fused-ring (bicyclic) bond motifs is 1. The third-order valence-electron chi connectivity index (χ3n) is 4.93. The fourth-order valence-corrected chi connectivity index (χ4v) is 4.79. The second-order valence-corrected chi connectivity index (χ2v) is 8.59. The van der Waals surface area contributed by atoms with E-state index in [0.29, 0.717) is 28.1 Å². The van der Waals surface area contributed by atoms with Gasteiger partial charge in [-0.25, -0.2) is 0 Å². The summed E-state index contributed by atoms with van der Waals surface area (Å²) >= 11 is 1.46. The number of hydrogen-bond acceptors (Lipinski definition) is 4. The van der Waals surface area contributed by atoms with Crippen molar-refractivity contribution < 1.29 is 14.3 Å². The van der Waals surface area contributed by atoms with Crippen LogP contribution in [-0.2, 0) is 17.6 Å². The van der Waals surface area contributed by atoms with E-state index in [1.807, 2.05) is 24.3 Å². The van der Waals surface area contributed by atoms with Gasteiger partial charge in [0, 0.05) is 4.88 Å². The van der Waals surface area contributed by atoms with Crippen molar-refractivity contribution in [1.29, 1.82) is 0 Å². The average molecular weight is 387 g/mol. The molecule has 2 amide bonds. The van der Waals surface area contributed by atoms with E-state index in [9.17, 15) is 9.59 Å². The van der Waals surface area contributed by atoms with E-state index in [2.05, 4.69) is 26.1 Å². The van der Waals surface area contributed by atoms with Crippen molar-refractivity contribution in [3.05, 3.63) is 45.8 Å². The van der Waals surface area contributed by atoms with Crippen molar-refractivity contribution in [3.8, 4) is 5.75 Å². The van der Waals surface area contributed by atoms with Gasteiger partial charge in [0.25, 0.3) is 11.8 Å². The normalized spacial score (nSPS) is 16.1. The number of hydrogen-bond donors (Lipinski definition) is 2. The predicted octanol–water partition coefficient (Wildman–Crippen LogP) is 4.11. The van der Waals surface area contributed by atoms with Gasteiger partial charge >= 0.3 is 0 Å². The fourth-order valence-electron chi connectivity index (χ4n) is 3.36. The summed E-state index contributed by atoms with van der Waals surface area (Å²) in [5.74, 6) is 0.892. The maximum atomic E-state index is 12.3. The molecule has 27 heavy (non-hydrogen) atoms. The maximum absolute atomic E-state index is 12.3. The number of anilines is 1. The molecular formula is C21H26N2O3S. The number of thiophene rings is 1. The first kappa shape index (κ1) is 19.4. The summed E-state index contributed by atoms with van der Waals surface area (Å²) in [4.78, 5) is 25.4. The zero-order valence-electron chi connectivity index (χ0n) is 16.0. The summed E-state index contributed by atoms with van der Waals surface area (Å²) in [5.41, 5.74) is 8.28. The molecule has 1 aliphatic rings. The molecular weight excluding hydrogens is 360 g/mol. The number of carbonyl (C=O) groups excluding carboxylic acids is 2. The number of primary amides is 1. The first-order chi connectivity index (χ1) is 12.8. The smallest absolute Gasteiger partial charge is 0.262 e. The van der Waals surface area contributed by atoms with Gasteiger partial charge in [-0.2, -0.15) is 0 Å². The minimum Gasteiger partial charge on any atom is -0.484 e. The molecule has 0 radical (unpaired) electrons. The minimum atomic E-state index is -0.484. The van der Waals surface area contributed by atoms with Crippen LogP contribution in [0, 0.1) is 5.92 Å². The van der Waals surface area contributed by atoms with Crippen LogP contribution in [0.15, 0.2) is 24.3 Å². The van der Waals surface area contributed by atoms with Gasteiger partial charge in [0.2, 0.25) is 0 Å². The Morgan fingerprint density at radius 3 is 2.63 bits per heavy atom. The molecule has 1 aromatic carbocycles. The SMILES string of the molecule is CC(C)c1ccc(OCC(=O)Nc2sc3c(c2C(N)=O)CC[C@@H](C)C3)cc1. The molecule has 0 saturated heterocycles. The third kappa shape index (κ3) is 4.50. The third-order valence-corrected chi connectivity index (χ3v) is 6.10. The monoisotopic (exact) mass is 386 g/mol. The van der Waals surface area contributed by atoms with E-state index in [4.69, 9.17) is 10.5 Å². The highest BCUT2D eigenvalue weighted by molar-refractivity contribution is 7.17. The van der Waals surface area contributed by atoms with Gasteiger partial charge in [-0.1, -0.05) is 32.9 Å². The first-order valence-electron chi connectivity index (χ1n) is 9.32.